The molecule has 12 heavy (non-hydrogen) atoms. The average molecular weight is 170 g/mol. The van der Waals surface area contributed by atoms with E-state index >= 15 is 0 Å². The number of aliphatic hydroxyl groups is 1. The smallest absolute Gasteiger partial charge is 0.0542 e. The number of hydrogen-bond donors (Lipinski definition) is 1. The van der Waals surface area contributed by atoms with Gasteiger partial charge in [-0.25, -0.2) is 0 Å². The van der Waals surface area contributed by atoms with Crippen molar-refractivity contribution < 1.29 is 5.11 Å². The monoisotopic (exact) mass is 170 g/mol. The quantitative estimate of drug-likeness (QED) is 0.459. The van der Waals surface area contributed by atoms with E-state index in [1.807, 2.05) is 6.08 Å². The summed E-state index contributed by atoms with van der Waals surface area (Å²) < 4.78 is 0. The molecule has 0 aromatic heterocycles. The molecule has 72 valence electrons. The molecule has 1 atom stereocenters. The van der Waals surface area contributed by atoms with E-state index in [0.717, 1.165) is 25.7 Å². The zero-order valence-electron chi connectivity index (χ0n) is 8.42. The maximum atomic E-state index is 9.49. The number of hydrogen-bond acceptors (Lipinski definition) is 1. The Hall–Kier alpha value is -0.300. The highest BCUT2D eigenvalue weighted by Crippen LogP contribution is 2.11. The lowest BCUT2D eigenvalue weighted by atomic mass is 10.0. The van der Waals surface area contributed by atoms with Crippen LogP contribution in [-0.2, 0) is 0 Å². The van der Waals surface area contributed by atoms with Crippen LogP contribution >= 0.6 is 0 Å². The van der Waals surface area contributed by atoms with Crippen molar-refractivity contribution in [1.82, 2.24) is 0 Å². The molecular formula is C11H22O. The second-order valence-corrected chi connectivity index (χ2v) is 3.86. The molecular weight excluding hydrogens is 148 g/mol. The van der Waals surface area contributed by atoms with Gasteiger partial charge in [-0.3, -0.25) is 0 Å². The van der Waals surface area contributed by atoms with Gasteiger partial charge in [0.2, 0.25) is 0 Å². The molecule has 0 radical (unpaired) electrons. The third-order valence-electron chi connectivity index (χ3n) is 1.94. The maximum absolute atomic E-state index is 9.49. The van der Waals surface area contributed by atoms with Crippen LogP contribution in [0.5, 0.6) is 0 Å². The van der Waals surface area contributed by atoms with Crippen molar-refractivity contribution in [3.05, 3.63) is 12.7 Å². The zero-order chi connectivity index (χ0) is 9.40. The molecule has 0 spiro atoms. The molecule has 0 bridgehead atoms. The molecule has 0 aromatic carbocycles. The first kappa shape index (κ1) is 11.7. The van der Waals surface area contributed by atoms with Crippen LogP contribution in [0.3, 0.4) is 0 Å². The van der Waals surface area contributed by atoms with E-state index in [9.17, 15) is 5.11 Å². The van der Waals surface area contributed by atoms with Gasteiger partial charge < -0.3 is 5.11 Å². The van der Waals surface area contributed by atoms with Crippen LogP contribution < -0.4 is 0 Å². The number of allylic oxidation sites excluding steroid dienone is 1. The Morgan fingerprint density at radius 2 is 2.00 bits per heavy atom. The summed E-state index contributed by atoms with van der Waals surface area (Å²) >= 11 is 0. The first-order valence-electron chi connectivity index (χ1n) is 4.95. The molecule has 1 heteroatoms. The highest BCUT2D eigenvalue weighted by atomic mass is 16.3. The molecule has 0 aliphatic rings. The van der Waals surface area contributed by atoms with Gasteiger partial charge in [0.1, 0.15) is 0 Å². The van der Waals surface area contributed by atoms with Crippen molar-refractivity contribution in [3.8, 4) is 0 Å². The molecule has 1 N–H and O–H groups in total. The average Bonchev–Trinajstić information content (AvgIpc) is 1.97. The summed E-state index contributed by atoms with van der Waals surface area (Å²) in [4.78, 5) is 0. The first-order valence-corrected chi connectivity index (χ1v) is 4.95. The van der Waals surface area contributed by atoms with Gasteiger partial charge in [-0.1, -0.05) is 26.3 Å². The van der Waals surface area contributed by atoms with Gasteiger partial charge in [-0.05, 0) is 31.6 Å². The summed E-state index contributed by atoms with van der Waals surface area (Å²) in [7, 11) is 0. The second-order valence-electron chi connectivity index (χ2n) is 3.86. The topological polar surface area (TPSA) is 20.2 Å². The Morgan fingerprint density at radius 1 is 1.33 bits per heavy atom. The van der Waals surface area contributed by atoms with Crippen molar-refractivity contribution >= 4 is 0 Å². The van der Waals surface area contributed by atoms with E-state index in [1.54, 1.807) is 0 Å². The lowest BCUT2D eigenvalue weighted by molar-refractivity contribution is 0.136. The molecule has 0 aliphatic carbocycles. The molecule has 0 fully saturated rings. The van der Waals surface area contributed by atoms with Crippen molar-refractivity contribution in [2.75, 3.05) is 0 Å². The van der Waals surface area contributed by atoms with Crippen LogP contribution in [-0.4, -0.2) is 11.2 Å². The van der Waals surface area contributed by atoms with Crippen LogP contribution in [0, 0.1) is 5.92 Å². The molecule has 0 aromatic rings. The van der Waals surface area contributed by atoms with Gasteiger partial charge >= 0.3 is 0 Å². The molecule has 0 heterocycles. The van der Waals surface area contributed by atoms with E-state index in [0.29, 0.717) is 5.92 Å². The van der Waals surface area contributed by atoms with Crippen molar-refractivity contribution in [1.29, 1.82) is 0 Å². The van der Waals surface area contributed by atoms with E-state index < -0.39 is 0 Å². The minimum atomic E-state index is -0.0881. The van der Waals surface area contributed by atoms with Crippen LogP contribution in [0.4, 0.5) is 0 Å². The summed E-state index contributed by atoms with van der Waals surface area (Å²) in [6, 6.07) is 0. The molecule has 0 saturated heterocycles. The van der Waals surface area contributed by atoms with Gasteiger partial charge in [0.15, 0.2) is 0 Å². The van der Waals surface area contributed by atoms with E-state index in [1.165, 1.54) is 6.42 Å². The van der Waals surface area contributed by atoms with Crippen molar-refractivity contribution in [2.24, 2.45) is 5.92 Å². The molecule has 0 saturated carbocycles. The second kappa shape index (κ2) is 7.35. The van der Waals surface area contributed by atoms with Gasteiger partial charge in [0.25, 0.3) is 0 Å². The van der Waals surface area contributed by atoms with Gasteiger partial charge in [-0.2, -0.15) is 0 Å². The lowest BCUT2D eigenvalue weighted by Gasteiger charge is -2.11. The zero-order valence-corrected chi connectivity index (χ0v) is 8.42. The van der Waals surface area contributed by atoms with Crippen LogP contribution in [0.15, 0.2) is 12.7 Å². The summed E-state index contributed by atoms with van der Waals surface area (Å²) in [5, 5.41) is 9.49. The third-order valence-corrected chi connectivity index (χ3v) is 1.94. The van der Waals surface area contributed by atoms with Gasteiger partial charge in [0, 0.05) is 0 Å². The fraction of sp³-hybridized carbons (Fsp3) is 0.818. The summed E-state index contributed by atoms with van der Waals surface area (Å²) in [5.74, 6) is 0.611. The minimum absolute atomic E-state index is 0.0881. The predicted octanol–water partition coefficient (Wildman–Crippen LogP) is 3.14. The minimum Gasteiger partial charge on any atom is -0.393 e. The molecule has 1 unspecified atom stereocenters. The highest BCUT2D eigenvalue weighted by molar-refractivity contribution is 4.66. The number of aliphatic hydroxyl groups excluding tert-OH is 1. The fourth-order valence-corrected chi connectivity index (χ4v) is 1.33. The summed E-state index contributed by atoms with van der Waals surface area (Å²) in [6.07, 6.45) is 7.11. The highest BCUT2D eigenvalue weighted by Gasteiger charge is 2.05. The standard InChI is InChI=1S/C11H22O/c1-4-5-6-7-8-11(12)9-10(2)3/h4,10-12H,1,5-9H2,2-3H3. The van der Waals surface area contributed by atoms with Crippen molar-refractivity contribution in [3.63, 3.8) is 0 Å². The first-order chi connectivity index (χ1) is 5.66. The van der Waals surface area contributed by atoms with E-state index in [-0.39, 0.29) is 6.10 Å². The molecule has 1 nitrogen and oxygen atoms in total. The lowest BCUT2D eigenvalue weighted by Crippen LogP contribution is -2.09. The van der Waals surface area contributed by atoms with E-state index in [4.69, 9.17) is 0 Å². The van der Waals surface area contributed by atoms with Crippen LogP contribution in [0.25, 0.3) is 0 Å². The van der Waals surface area contributed by atoms with Gasteiger partial charge in [-0.15, -0.1) is 6.58 Å². The number of rotatable bonds is 7. The fourth-order valence-electron chi connectivity index (χ4n) is 1.33. The Balaban J connectivity index is 3.19. The maximum Gasteiger partial charge on any atom is 0.0542 e. The van der Waals surface area contributed by atoms with Crippen LogP contribution in [0.1, 0.15) is 46.0 Å². The summed E-state index contributed by atoms with van der Waals surface area (Å²) in [6.45, 7) is 7.95. The largest absolute Gasteiger partial charge is 0.393 e. The van der Waals surface area contributed by atoms with Crippen LogP contribution in [0.2, 0.25) is 0 Å². The normalized spacial score (nSPS) is 13.3. The molecule has 0 aliphatic heterocycles. The SMILES string of the molecule is C=CCCCCC(O)CC(C)C. The molecule has 0 rings (SSSR count). The Bertz CT molecular complexity index is 108. The number of unbranched alkanes of at least 4 members (excludes halogenated alkanes) is 2. The van der Waals surface area contributed by atoms with E-state index in [2.05, 4.69) is 20.4 Å². The summed E-state index contributed by atoms with van der Waals surface area (Å²) in [5.41, 5.74) is 0. The van der Waals surface area contributed by atoms with Gasteiger partial charge in [0.05, 0.1) is 6.10 Å². The third kappa shape index (κ3) is 7.80. The Kier molecular flexibility index (Phi) is 7.17. The van der Waals surface area contributed by atoms with Crippen molar-refractivity contribution in [2.45, 2.75) is 52.1 Å². The Morgan fingerprint density at radius 3 is 2.50 bits per heavy atom. The predicted molar refractivity (Wildman–Crippen MR) is 54.1 cm³/mol. The molecule has 0 amide bonds. The Labute approximate surface area is 76.5 Å².